The number of hydrogen-bond acceptors (Lipinski definition) is 3. The lowest BCUT2D eigenvalue weighted by Crippen LogP contribution is -2.26. The molecule has 0 aliphatic heterocycles. The van der Waals surface area contributed by atoms with Crippen LogP contribution in [0.2, 0.25) is 0 Å². The van der Waals surface area contributed by atoms with Crippen molar-refractivity contribution in [2.24, 2.45) is 0 Å². The van der Waals surface area contributed by atoms with Crippen molar-refractivity contribution in [1.29, 1.82) is 0 Å². The summed E-state index contributed by atoms with van der Waals surface area (Å²) < 4.78 is 5.69. The van der Waals surface area contributed by atoms with Gasteiger partial charge in [-0.3, -0.25) is 9.63 Å². The molecule has 0 saturated heterocycles. The zero-order chi connectivity index (χ0) is 12.0. The molecule has 0 saturated carbocycles. The first-order chi connectivity index (χ1) is 7.66. The Morgan fingerprint density at radius 1 is 1.44 bits per heavy atom. The Labute approximate surface area is 103 Å². The fraction of sp³-hybridized carbons (Fsp3) is 0.364. The molecule has 0 unspecified atom stereocenters. The van der Waals surface area contributed by atoms with E-state index in [1.54, 1.807) is 19.2 Å². The highest BCUT2D eigenvalue weighted by molar-refractivity contribution is 9.10. The van der Waals surface area contributed by atoms with Crippen LogP contribution in [-0.2, 0) is 9.57 Å². The zero-order valence-corrected chi connectivity index (χ0v) is 10.8. The maximum absolute atomic E-state index is 11.7. The van der Waals surface area contributed by atoms with Crippen molar-refractivity contribution in [3.05, 3.63) is 33.8 Å². The van der Waals surface area contributed by atoms with Crippen LogP contribution >= 0.6 is 15.9 Å². The highest BCUT2D eigenvalue weighted by Gasteiger charge is 2.10. The van der Waals surface area contributed by atoms with E-state index in [-0.39, 0.29) is 5.91 Å². The topological polar surface area (TPSA) is 47.6 Å². The van der Waals surface area contributed by atoms with Gasteiger partial charge in [0, 0.05) is 17.1 Å². The molecule has 1 rings (SSSR count). The molecule has 16 heavy (non-hydrogen) atoms. The number of hydroxylamine groups is 1. The Bertz CT molecular complexity index is 368. The summed E-state index contributed by atoms with van der Waals surface area (Å²) in [6.45, 7) is 2.64. The standard InChI is InChI=1S/C11H14BrNO3/c1-8-9(4-3-5-10(8)12)11(14)13-16-7-6-15-2/h3-5H,6-7H2,1-2H3,(H,13,14). The number of rotatable bonds is 5. The molecule has 1 amide bonds. The van der Waals surface area contributed by atoms with Gasteiger partial charge in [0.1, 0.15) is 0 Å². The Kier molecular flexibility index (Phi) is 5.45. The predicted molar refractivity (Wildman–Crippen MR) is 64.2 cm³/mol. The van der Waals surface area contributed by atoms with Crippen LogP contribution in [0.15, 0.2) is 22.7 Å². The number of halogens is 1. The van der Waals surface area contributed by atoms with E-state index in [9.17, 15) is 4.79 Å². The maximum Gasteiger partial charge on any atom is 0.275 e. The Balaban J connectivity index is 2.56. The van der Waals surface area contributed by atoms with Crippen molar-refractivity contribution in [1.82, 2.24) is 5.48 Å². The van der Waals surface area contributed by atoms with E-state index in [1.807, 2.05) is 13.0 Å². The molecule has 0 radical (unpaired) electrons. The monoisotopic (exact) mass is 287 g/mol. The number of hydrogen-bond donors (Lipinski definition) is 1. The van der Waals surface area contributed by atoms with Crippen LogP contribution in [0.4, 0.5) is 0 Å². The van der Waals surface area contributed by atoms with Gasteiger partial charge < -0.3 is 4.74 Å². The summed E-state index contributed by atoms with van der Waals surface area (Å²) in [6.07, 6.45) is 0. The molecule has 0 aliphatic carbocycles. The summed E-state index contributed by atoms with van der Waals surface area (Å²) in [5.74, 6) is -0.255. The van der Waals surface area contributed by atoms with Crippen molar-refractivity contribution in [2.45, 2.75) is 6.92 Å². The fourth-order valence-corrected chi connectivity index (χ4v) is 1.52. The zero-order valence-electron chi connectivity index (χ0n) is 9.25. The Morgan fingerprint density at radius 2 is 2.19 bits per heavy atom. The van der Waals surface area contributed by atoms with E-state index in [0.29, 0.717) is 18.8 Å². The number of carbonyl (C=O) groups is 1. The molecule has 0 heterocycles. The first kappa shape index (κ1) is 13.2. The highest BCUT2D eigenvalue weighted by atomic mass is 79.9. The molecule has 0 bridgehead atoms. The number of methoxy groups -OCH3 is 1. The molecule has 1 N–H and O–H groups in total. The van der Waals surface area contributed by atoms with Crippen molar-refractivity contribution < 1.29 is 14.4 Å². The molecule has 88 valence electrons. The minimum atomic E-state index is -0.255. The molecule has 1 aromatic rings. The summed E-state index contributed by atoms with van der Waals surface area (Å²) in [5, 5.41) is 0. The first-order valence-electron chi connectivity index (χ1n) is 4.83. The fourth-order valence-electron chi connectivity index (χ4n) is 1.15. The highest BCUT2D eigenvalue weighted by Crippen LogP contribution is 2.19. The number of amides is 1. The molecule has 0 fully saturated rings. The molecule has 1 aromatic carbocycles. The van der Waals surface area contributed by atoms with Crippen LogP contribution in [0.1, 0.15) is 15.9 Å². The lowest BCUT2D eigenvalue weighted by atomic mass is 10.1. The van der Waals surface area contributed by atoms with Gasteiger partial charge >= 0.3 is 0 Å². The summed E-state index contributed by atoms with van der Waals surface area (Å²) >= 11 is 3.37. The lowest BCUT2D eigenvalue weighted by Gasteiger charge is -2.08. The molecule has 4 nitrogen and oxygen atoms in total. The van der Waals surface area contributed by atoms with Gasteiger partial charge in [0.05, 0.1) is 13.2 Å². The van der Waals surface area contributed by atoms with Gasteiger partial charge in [-0.1, -0.05) is 22.0 Å². The normalized spacial score (nSPS) is 10.2. The molecule has 0 aliphatic rings. The van der Waals surface area contributed by atoms with Crippen LogP contribution in [0.25, 0.3) is 0 Å². The number of nitrogens with one attached hydrogen (secondary N) is 1. The van der Waals surface area contributed by atoms with Gasteiger partial charge in [-0.2, -0.15) is 0 Å². The molecular weight excluding hydrogens is 274 g/mol. The smallest absolute Gasteiger partial charge is 0.275 e. The van der Waals surface area contributed by atoms with Gasteiger partial charge in [-0.25, -0.2) is 5.48 Å². The lowest BCUT2D eigenvalue weighted by molar-refractivity contribution is 0.00884. The van der Waals surface area contributed by atoms with Gasteiger partial charge in [-0.05, 0) is 24.6 Å². The Hall–Kier alpha value is -0.910. The third kappa shape index (κ3) is 3.59. The third-order valence-corrected chi connectivity index (χ3v) is 2.93. The average Bonchev–Trinajstić information content (AvgIpc) is 2.28. The second-order valence-electron chi connectivity index (χ2n) is 3.18. The van der Waals surface area contributed by atoms with Crippen LogP contribution in [-0.4, -0.2) is 26.2 Å². The average molecular weight is 288 g/mol. The number of benzene rings is 1. The van der Waals surface area contributed by atoms with Crippen molar-refractivity contribution >= 4 is 21.8 Å². The summed E-state index contributed by atoms with van der Waals surface area (Å²) in [5.41, 5.74) is 3.84. The van der Waals surface area contributed by atoms with Gasteiger partial charge in [0.15, 0.2) is 0 Å². The largest absolute Gasteiger partial charge is 0.382 e. The molecule has 0 atom stereocenters. The SMILES string of the molecule is COCCONC(=O)c1cccc(Br)c1C. The van der Waals surface area contributed by atoms with Crippen LogP contribution in [0, 0.1) is 6.92 Å². The van der Waals surface area contributed by atoms with E-state index in [2.05, 4.69) is 21.4 Å². The molecular formula is C11H14BrNO3. The minimum absolute atomic E-state index is 0.255. The van der Waals surface area contributed by atoms with Crippen LogP contribution in [0.5, 0.6) is 0 Å². The van der Waals surface area contributed by atoms with Crippen molar-refractivity contribution in [3.63, 3.8) is 0 Å². The predicted octanol–water partition coefficient (Wildman–Crippen LogP) is 2.07. The summed E-state index contributed by atoms with van der Waals surface area (Å²) in [7, 11) is 1.57. The van der Waals surface area contributed by atoms with Crippen LogP contribution in [0.3, 0.4) is 0 Å². The van der Waals surface area contributed by atoms with E-state index in [4.69, 9.17) is 9.57 Å². The minimum Gasteiger partial charge on any atom is -0.382 e. The maximum atomic E-state index is 11.7. The van der Waals surface area contributed by atoms with E-state index >= 15 is 0 Å². The molecule has 0 aromatic heterocycles. The van der Waals surface area contributed by atoms with Crippen molar-refractivity contribution in [3.8, 4) is 0 Å². The van der Waals surface area contributed by atoms with E-state index in [0.717, 1.165) is 10.0 Å². The van der Waals surface area contributed by atoms with Gasteiger partial charge in [0.25, 0.3) is 5.91 Å². The summed E-state index contributed by atoms with van der Waals surface area (Å²) in [6, 6.07) is 5.44. The first-order valence-corrected chi connectivity index (χ1v) is 5.62. The van der Waals surface area contributed by atoms with Crippen LogP contribution < -0.4 is 5.48 Å². The quantitative estimate of drug-likeness (QED) is 0.666. The second-order valence-corrected chi connectivity index (χ2v) is 4.04. The van der Waals surface area contributed by atoms with Gasteiger partial charge in [0.2, 0.25) is 0 Å². The Morgan fingerprint density at radius 3 is 2.88 bits per heavy atom. The third-order valence-electron chi connectivity index (χ3n) is 2.07. The number of ether oxygens (including phenoxy) is 1. The number of carbonyl (C=O) groups excluding carboxylic acids is 1. The van der Waals surface area contributed by atoms with E-state index in [1.165, 1.54) is 0 Å². The molecule has 0 spiro atoms. The van der Waals surface area contributed by atoms with E-state index < -0.39 is 0 Å². The second kappa shape index (κ2) is 6.62. The summed E-state index contributed by atoms with van der Waals surface area (Å²) in [4.78, 5) is 16.6. The molecule has 5 heteroatoms. The van der Waals surface area contributed by atoms with Crippen molar-refractivity contribution in [2.75, 3.05) is 20.3 Å². The van der Waals surface area contributed by atoms with Gasteiger partial charge in [-0.15, -0.1) is 0 Å².